The number of carbonyl (C=O) groups excluding carboxylic acids is 3. The molecule has 0 saturated carbocycles. The largest absolute Gasteiger partial charge is 0.479 e. The second-order valence-corrected chi connectivity index (χ2v) is 5.58. The summed E-state index contributed by atoms with van der Waals surface area (Å²) >= 11 is 0. The van der Waals surface area contributed by atoms with Crippen LogP contribution in [0.1, 0.15) is 30.6 Å². The molecular formula is C20H21NO5. The number of para-hydroxylation sites is 1. The topological polar surface area (TPSA) is 81.7 Å². The van der Waals surface area contributed by atoms with E-state index < -0.39 is 12.1 Å². The van der Waals surface area contributed by atoms with E-state index in [1.54, 1.807) is 62.4 Å². The number of rotatable bonds is 8. The van der Waals surface area contributed by atoms with Gasteiger partial charge in [-0.15, -0.1) is 0 Å². The Bertz CT molecular complexity index is 756. The van der Waals surface area contributed by atoms with E-state index in [4.69, 9.17) is 9.47 Å². The molecule has 136 valence electrons. The lowest BCUT2D eigenvalue weighted by atomic mass is 10.1. The maximum atomic E-state index is 12.1. The summed E-state index contributed by atoms with van der Waals surface area (Å²) < 4.78 is 10.5. The first-order chi connectivity index (χ1) is 12.5. The number of hydrogen-bond acceptors (Lipinski definition) is 5. The summed E-state index contributed by atoms with van der Waals surface area (Å²) in [5.41, 5.74) is 0.999. The van der Waals surface area contributed by atoms with E-state index in [0.29, 0.717) is 23.4 Å². The Balaban J connectivity index is 1.83. The van der Waals surface area contributed by atoms with Gasteiger partial charge in [-0.3, -0.25) is 9.59 Å². The van der Waals surface area contributed by atoms with Crippen LogP contribution in [0.3, 0.4) is 0 Å². The fourth-order valence-electron chi connectivity index (χ4n) is 2.08. The van der Waals surface area contributed by atoms with Gasteiger partial charge in [0.2, 0.25) is 5.91 Å². The van der Waals surface area contributed by atoms with E-state index in [0.717, 1.165) is 0 Å². The highest BCUT2D eigenvalue weighted by atomic mass is 16.6. The maximum Gasteiger partial charge on any atom is 0.347 e. The second-order valence-electron chi connectivity index (χ2n) is 5.58. The summed E-state index contributed by atoms with van der Waals surface area (Å²) in [6, 6.07) is 15.3. The van der Waals surface area contributed by atoms with Gasteiger partial charge in [-0.05, 0) is 43.3 Å². The number of hydrogen-bond donors (Lipinski definition) is 1. The van der Waals surface area contributed by atoms with E-state index in [9.17, 15) is 14.4 Å². The molecule has 1 N–H and O–H groups in total. The van der Waals surface area contributed by atoms with Gasteiger partial charge in [0.05, 0.1) is 0 Å². The van der Waals surface area contributed by atoms with E-state index >= 15 is 0 Å². The molecule has 2 aromatic rings. The Hall–Kier alpha value is -3.15. The van der Waals surface area contributed by atoms with Crippen molar-refractivity contribution in [3.8, 4) is 5.75 Å². The molecule has 1 amide bonds. The number of Topliss-reactive ketones (excluding diaryl/α,β-unsaturated/α-hetero) is 1. The van der Waals surface area contributed by atoms with Crippen LogP contribution < -0.4 is 10.1 Å². The number of benzene rings is 2. The van der Waals surface area contributed by atoms with Crippen LogP contribution in [0.5, 0.6) is 5.75 Å². The highest BCUT2D eigenvalue weighted by Gasteiger charge is 2.18. The van der Waals surface area contributed by atoms with Crippen LogP contribution in [0.2, 0.25) is 0 Å². The maximum absolute atomic E-state index is 12.1. The van der Waals surface area contributed by atoms with Crippen LogP contribution >= 0.6 is 0 Å². The Kier molecular flexibility index (Phi) is 6.91. The average molecular weight is 355 g/mol. The normalized spacial score (nSPS) is 11.3. The van der Waals surface area contributed by atoms with Gasteiger partial charge < -0.3 is 14.8 Å². The van der Waals surface area contributed by atoms with Gasteiger partial charge in [0, 0.05) is 17.7 Å². The SMILES string of the molecule is CCC(=O)Nc1ccc(C(=O)COC(=O)[C@H](C)Oc2ccccc2)cc1. The molecule has 0 saturated heterocycles. The molecule has 2 aromatic carbocycles. The van der Waals surface area contributed by atoms with Crippen molar-refractivity contribution in [3.63, 3.8) is 0 Å². The third-order valence-electron chi connectivity index (χ3n) is 3.55. The summed E-state index contributed by atoms with van der Waals surface area (Å²) in [6.45, 7) is 2.94. The number of ether oxygens (including phenoxy) is 2. The van der Waals surface area contributed by atoms with Crippen LogP contribution in [0.4, 0.5) is 5.69 Å². The number of esters is 1. The molecule has 6 heteroatoms. The van der Waals surface area contributed by atoms with E-state index in [1.165, 1.54) is 0 Å². The number of anilines is 1. The first-order valence-corrected chi connectivity index (χ1v) is 8.31. The summed E-state index contributed by atoms with van der Waals surface area (Å²) in [7, 11) is 0. The van der Waals surface area contributed by atoms with Crippen molar-refractivity contribution in [2.24, 2.45) is 0 Å². The lowest BCUT2D eigenvalue weighted by Gasteiger charge is -2.13. The van der Waals surface area contributed by atoms with Crippen LogP contribution in [0.15, 0.2) is 54.6 Å². The Morgan fingerprint density at radius 2 is 1.65 bits per heavy atom. The predicted molar refractivity (Wildman–Crippen MR) is 97.2 cm³/mol. The molecule has 2 rings (SSSR count). The number of carbonyl (C=O) groups is 3. The molecule has 0 aromatic heterocycles. The molecular weight excluding hydrogens is 334 g/mol. The zero-order chi connectivity index (χ0) is 18.9. The number of ketones is 1. The predicted octanol–water partition coefficient (Wildman–Crippen LogP) is 3.23. The minimum atomic E-state index is -0.822. The van der Waals surface area contributed by atoms with Gasteiger partial charge >= 0.3 is 5.97 Å². The van der Waals surface area contributed by atoms with E-state index in [1.807, 2.05) is 6.07 Å². The smallest absolute Gasteiger partial charge is 0.347 e. The third kappa shape index (κ3) is 5.73. The molecule has 1 atom stereocenters. The van der Waals surface area contributed by atoms with Gasteiger partial charge in [-0.2, -0.15) is 0 Å². The van der Waals surface area contributed by atoms with Gasteiger partial charge in [0.15, 0.2) is 18.5 Å². The van der Waals surface area contributed by atoms with E-state index in [2.05, 4.69) is 5.32 Å². The third-order valence-corrected chi connectivity index (χ3v) is 3.55. The molecule has 26 heavy (non-hydrogen) atoms. The second kappa shape index (κ2) is 9.36. The van der Waals surface area contributed by atoms with Crippen molar-refractivity contribution in [1.29, 1.82) is 0 Å². The molecule has 0 aliphatic heterocycles. The van der Waals surface area contributed by atoms with Gasteiger partial charge in [-0.25, -0.2) is 4.79 Å². The summed E-state index contributed by atoms with van der Waals surface area (Å²) in [6.07, 6.45) is -0.448. The molecule has 0 fully saturated rings. The van der Waals surface area contributed by atoms with Crippen molar-refractivity contribution in [2.45, 2.75) is 26.4 Å². The van der Waals surface area contributed by atoms with Crippen LogP contribution in [0.25, 0.3) is 0 Å². The van der Waals surface area contributed by atoms with Gasteiger partial charge in [0.25, 0.3) is 0 Å². The quantitative estimate of drug-likeness (QED) is 0.581. The van der Waals surface area contributed by atoms with Crippen molar-refractivity contribution in [2.75, 3.05) is 11.9 Å². The first kappa shape index (κ1) is 19.2. The summed E-state index contributed by atoms with van der Waals surface area (Å²) in [5.74, 6) is -0.508. The molecule has 6 nitrogen and oxygen atoms in total. The lowest BCUT2D eigenvalue weighted by molar-refractivity contribution is -0.149. The summed E-state index contributed by atoms with van der Waals surface area (Å²) in [4.78, 5) is 35.4. The zero-order valence-corrected chi connectivity index (χ0v) is 14.7. The van der Waals surface area contributed by atoms with Crippen LogP contribution in [-0.2, 0) is 14.3 Å². The zero-order valence-electron chi connectivity index (χ0n) is 14.7. The lowest BCUT2D eigenvalue weighted by Crippen LogP contribution is -2.28. The standard InChI is InChI=1S/C20H21NO5/c1-3-19(23)21-16-11-9-15(10-12-16)18(22)13-25-20(24)14(2)26-17-7-5-4-6-8-17/h4-12,14H,3,13H2,1-2H3,(H,21,23)/t14-/m0/s1. The Morgan fingerprint density at radius 3 is 2.27 bits per heavy atom. The molecule has 0 aliphatic carbocycles. The molecule has 0 aliphatic rings. The monoisotopic (exact) mass is 355 g/mol. The van der Waals surface area contributed by atoms with Gasteiger partial charge in [0.1, 0.15) is 5.75 Å². The molecule has 0 unspecified atom stereocenters. The minimum absolute atomic E-state index is 0.106. The van der Waals surface area contributed by atoms with Crippen molar-refractivity contribution in [1.82, 2.24) is 0 Å². The number of nitrogens with one attached hydrogen (secondary N) is 1. The van der Waals surface area contributed by atoms with Crippen LogP contribution in [0, 0.1) is 0 Å². The molecule has 0 heterocycles. The molecule has 0 spiro atoms. The Morgan fingerprint density at radius 1 is 1.00 bits per heavy atom. The van der Waals surface area contributed by atoms with Crippen molar-refractivity contribution in [3.05, 3.63) is 60.2 Å². The van der Waals surface area contributed by atoms with E-state index in [-0.39, 0.29) is 18.3 Å². The highest BCUT2D eigenvalue weighted by molar-refractivity contribution is 5.99. The highest BCUT2D eigenvalue weighted by Crippen LogP contribution is 2.13. The average Bonchev–Trinajstić information content (AvgIpc) is 2.67. The Labute approximate surface area is 152 Å². The van der Waals surface area contributed by atoms with Gasteiger partial charge in [-0.1, -0.05) is 25.1 Å². The fourth-order valence-corrected chi connectivity index (χ4v) is 2.08. The van der Waals surface area contributed by atoms with Crippen molar-refractivity contribution >= 4 is 23.3 Å². The summed E-state index contributed by atoms with van der Waals surface area (Å²) in [5, 5.41) is 2.69. The molecule has 0 radical (unpaired) electrons. The minimum Gasteiger partial charge on any atom is -0.479 e. The van der Waals surface area contributed by atoms with Crippen molar-refractivity contribution < 1.29 is 23.9 Å². The van der Waals surface area contributed by atoms with Crippen LogP contribution in [-0.4, -0.2) is 30.4 Å². The molecule has 0 bridgehead atoms. The number of amides is 1. The first-order valence-electron chi connectivity index (χ1n) is 8.31. The fraction of sp³-hybridized carbons (Fsp3) is 0.250.